The van der Waals surface area contributed by atoms with Crippen molar-refractivity contribution in [2.24, 2.45) is 5.92 Å². The van der Waals surface area contributed by atoms with E-state index in [0.717, 1.165) is 0 Å². The van der Waals surface area contributed by atoms with Crippen LogP contribution in [0.3, 0.4) is 0 Å². The second kappa shape index (κ2) is 23.9. The molecule has 0 fully saturated rings. The van der Waals surface area contributed by atoms with E-state index in [4.69, 9.17) is 0 Å². The molecular formula is C35H50Cl2SiZr-4. The molecule has 0 amide bonds. The fourth-order valence-electron chi connectivity index (χ4n) is 5.21. The topological polar surface area (TPSA) is 0 Å². The molecule has 3 aromatic rings. The average Bonchev–Trinajstić information content (AvgIpc) is 3.42. The molecule has 1 aliphatic carbocycles. The SMILES string of the molecule is CCCC1=[C-]C(CCC)C(CCC)=C1CCC.Cc1cc2c(-c3ccccc3)cccc2[cH-]1.Cl.Cl.[CH3-].[CH3-].[Si]=[Zr]. The van der Waals surface area contributed by atoms with Gasteiger partial charge in [0.2, 0.25) is 0 Å². The van der Waals surface area contributed by atoms with Crippen LogP contribution in [0.15, 0.2) is 77.4 Å². The van der Waals surface area contributed by atoms with Crippen LogP contribution in [0.2, 0.25) is 0 Å². The van der Waals surface area contributed by atoms with Crippen molar-refractivity contribution < 1.29 is 23.3 Å². The molecule has 0 aliphatic heterocycles. The molecule has 0 nitrogen and oxygen atoms in total. The minimum absolute atomic E-state index is 0. The van der Waals surface area contributed by atoms with Gasteiger partial charge >= 0.3 is 30.2 Å². The summed E-state index contributed by atoms with van der Waals surface area (Å²) in [5.74, 6) is 0.656. The zero-order valence-electron chi connectivity index (χ0n) is 25.3. The van der Waals surface area contributed by atoms with Gasteiger partial charge in [-0.3, -0.25) is 6.08 Å². The second-order valence-corrected chi connectivity index (χ2v) is 9.43. The van der Waals surface area contributed by atoms with Crippen LogP contribution >= 0.6 is 24.8 Å². The summed E-state index contributed by atoms with van der Waals surface area (Å²) >= 11 is 1.36. The Balaban J connectivity index is -0.000000570. The van der Waals surface area contributed by atoms with Gasteiger partial charge in [-0.2, -0.15) is 17.2 Å². The third-order valence-corrected chi connectivity index (χ3v) is 6.60. The van der Waals surface area contributed by atoms with E-state index in [0.29, 0.717) is 5.92 Å². The van der Waals surface area contributed by atoms with Crippen LogP contribution < -0.4 is 0 Å². The van der Waals surface area contributed by atoms with Crippen LogP contribution in [0.1, 0.15) is 84.6 Å². The maximum atomic E-state index is 3.81. The summed E-state index contributed by atoms with van der Waals surface area (Å²) in [5, 5.41) is 2.69. The molecule has 2 radical (unpaired) electrons. The van der Waals surface area contributed by atoms with Gasteiger partial charge in [-0.15, -0.1) is 59.3 Å². The Morgan fingerprint density at radius 2 is 1.41 bits per heavy atom. The van der Waals surface area contributed by atoms with Crippen LogP contribution in [0.5, 0.6) is 0 Å². The van der Waals surface area contributed by atoms with Crippen LogP contribution in [0, 0.1) is 33.8 Å². The molecule has 0 saturated heterocycles. The van der Waals surface area contributed by atoms with Crippen LogP contribution in [-0.4, -0.2) is 6.88 Å². The van der Waals surface area contributed by atoms with Crippen molar-refractivity contribution in [3.8, 4) is 11.1 Å². The van der Waals surface area contributed by atoms with Crippen molar-refractivity contribution in [1.82, 2.24) is 0 Å². The number of allylic oxidation sites excluding steroid dienone is 4. The predicted octanol–water partition coefficient (Wildman–Crippen LogP) is 11.7. The molecule has 1 atom stereocenters. The van der Waals surface area contributed by atoms with Gasteiger partial charge in [0.1, 0.15) is 0 Å². The molecular weight excluding hydrogens is 611 g/mol. The van der Waals surface area contributed by atoms with Gasteiger partial charge in [-0.05, 0) is 12.0 Å². The van der Waals surface area contributed by atoms with E-state index in [1.165, 1.54) is 102 Å². The number of fused-ring (bicyclic) bond motifs is 1. The summed E-state index contributed by atoms with van der Waals surface area (Å²) in [5.41, 5.74) is 8.94. The molecule has 0 aromatic heterocycles. The van der Waals surface area contributed by atoms with Gasteiger partial charge in [-0.1, -0.05) is 127 Å². The van der Waals surface area contributed by atoms with Gasteiger partial charge in [0, 0.05) is 0 Å². The fourth-order valence-corrected chi connectivity index (χ4v) is 5.21. The van der Waals surface area contributed by atoms with Crippen molar-refractivity contribution in [1.29, 1.82) is 0 Å². The number of hydrogen-bond donors (Lipinski definition) is 0. The Morgan fingerprint density at radius 3 is 1.97 bits per heavy atom. The number of hydrogen-bond acceptors (Lipinski definition) is 0. The first-order chi connectivity index (χ1) is 17.1. The molecule has 0 saturated carbocycles. The van der Waals surface area contributed by atoms with Crippen LogP contribution in [-0.2, 0) is 23.3 Å². The molecule has 0 heterocycles. The molecule has 1 unspecified atom stereocenters. The van der Waals surface area contributed by atoms with Crippen molar-refractivity contribution in [3.05, 3.63) is 104 Å². The first-order valence-electron chi connectivity index (χ1n) is 13.4. The molecule has 0 N–H and O–H groups in total. The van der Waals surface area contributed by atoms with E-state index in [-0.39, 0.29) is 39.7 Å². The van der Waals surface area contributed by atoms with Crippen molar-refractivity contribution in [3.63, 3.8) is 0 Å². The van der Waals surface area contributed by atoms with E-state index >= 15 is 0 Å². The summed E-state index contributed by atoms with van der Waals surface area (Å²) in [6, 6.07) is 21.6. The summed E-state index contributed by atoms with van der Waals surface area (Å²) in [6.07, 6.45) is 14.0. The molecule has 0 bridgehead atoms. The van der Waals surface area contributed by atoms with Crippen molar-refractivity contribution in [2.75, 3.05) is 0 Å². The van der Waals surface area contributed by atoms with Crippen molar-refractivity contribution in [2.45, 2.75) is 86.0 Å². The number of aryl methyl sites for hydroxylation is 1. The van der Waals surface area contributed by atoms with Gasteiger partial charge < -0.3 is 14.9 Å². The normalized spacial score (nSPS) is 13.2. The molecule has 1 aliphatic rings. The maximum absolute atomic E-state index is 3.81. The fraction of sp³-hybridized carbons (Fsp3) is 0.400. The summed E-state index contributed by atoms with van der Waals surface area (Å²) < 4.78 is 0. The first-order valence-corrected chi connectivity index (χ1v) is 17.6. The molecule has 39 heavy (non-hydrogen) atoms. The van der Waals surface area contributed by atoms with E-state index in [2.05, 4.69) is 108 Å². The molecule has 4 heteroatoms. The first kappa shape index (κ1) is 42.7. The Kier molecular flexibility index (Phi) is 26.1. The Labute approximate surface area is 270 Å². The summed E-state index contributed by atoms with van der Waals surface area (Å²) in [4.78, 5) is 0. The van der Waals surface area contributed by atoms with Gasteiger partial charge in [0.25, 0.3) is 0 Å². The number of rotatable bonds is 9. The Hall–Kier alpha value is -0.790. The third kappa shape index (κ3) is 12.3. The van der Waals surface area contributed by atoms with Crippen LogP contribution in [0.4, 0.5) is 0 Å². The molecule has 3 aromatic carbocycles. The monoisotopic (exact) mass is 658 g/mol. The summed E-state index contributed by atoms with van der Waals surface area (Å²) in [7, 11) is 0. The molecule has 0 spiro atoms. The predicted molar refractivity (Wildman–Crippen MR) is 180 cm³/mol. The Bertz CT molecular complexity index is 1100. The quantitative estimate of drug-likeness (QED) is 0.158. The zero-order chi connectivity index (χ0) is 25.6. The Morgan fingerprint density at radius 1 is 0.795 bits per heavy atom. The van der Waals surface area contributed by atoms with E-state index < -0.39 is 0 Å². The average molecular weight is 661 g/mol. The van der Waals surface area contributed by atoms with Gasteiger partial charge in [0.15, 0.2) is 0 Å². The van der Waals surface area contributed by atoms with E-state index in [1.54, 1.807) is 16.7 Å². The minimum atomic E-state index is 0. The summed E-state index contributed by atoms with van der Waals surface area (Å²) in [6.45, 7) is 14.4. The number of benzene rings is 2. The van der Waals surface area contributed by atoms with E-state index in [1.807, 2.05) is 0 Å². The van der Waals surface area contributed by atoms with Gasteiger partial charge in [-0.25, -0.2) is 5.57 Å². The standard InChI is InChI=1S/C17H29.C16H13.2CH3.2ClH.Si.Zr/c1-5-9-14-13-15(10-6-2)17(12-8-4)16(14)11-7-3;1-12-10-14-8-5-9-15(16(14)11-12)13-6-3-2-4-7-13;;;;;;/h14H,5-12H2,1-4H3;2-11H,1H3;2*1H3;2*1H;;/q4*-1;;;;. The molecule has 4 rings (SSSR count). The van der Waals surface area contributed by atoms with Gasteiger partial charge in [0.05, 0.1) is 0 Å². The van der Waals surface area contributed by atoms with Crippen LogP contribution in [0.25, 0.3) is 21.9 Å². The third-order valence-electron chi connectivity index (χ3n) is 6.60. The van der Waals surface area contributed by atoms with Crippen molar-refractivity contribution >= 4 is 42.5 Å². The zero-order valence-corrected chi connectivity index (χ0v) is 30.4. The number of halogens is 2. The molecule has 216 valence electrons. The van der Waals surface area contributed by atoms with E-state index in [9.17, 15) is 0 Å². The second-order valence-electron chi connectivity index (χ2n) is 9.43.